The first-order valence-corrected chi connectivity index (χ1v) is 8.61. The molecular formula is C18H22F3N3O3. The number of rotatable bonds is 5. The van der Waals surface area contributed by atoms with Crippen LogP contribution in [0, 0.1) is 11.3 Å². The van der Waals surface area contributed by atoms with Gasteiger partial charge >= 0.3 is 12.2 Å². The number of unbranched alkanes of at least 4 members (excludes halogenated alkanes) is 1. The number of allylic oxidation sites excluding steroid dienone is 2. The molecule has 1 aliphatic heterocycles. The second kappa shape index (κ2) is 7.35. The maximum absolute atomic E-state index is 13.3. The van der Waals surface area contributed by atoms with Gasteiger partial charge in [0.05, 0.1) is 17.7 Å². The van der Waals surface area contributed by atoms with Crippen LogP contribution in [0.15, 0.2) is 22.8 Å². The largest absolute Gasteiger partial charge is 0.413 e. The highest BCUT2D eigenvalue weighted by Gasteiger charge is 2.55. The molecule has 9 heteroatoms. The molecule has 2 aliphatic rings. The fraction of sp³-hybridized carbons (Fsp3) is 0.611. The van der Waals surface area contributed by atoms with Gasteiger partial charge in [0.2, 0.25) is 0 Å². The molecule has 6 nitrogen and oxygen atoms in total. The van der Waals surface area contributed by atoms with E-state index < -0.39 is 41.7 Å². The molecule has 1 saturated heterocycles. The Balaban J connectivity index is 2.39. The van der Waals surface area contributed by atoms with Gasteiger partial charge in [0.25, 0.3) is 5.91 Å². The third kappa shape index (κ3) is 3.72. The van der Waals surface area contributed by atoms with Crippen LogP contribution in [-0.4, -0.2) is 57.8 Å². The van der Waals surface area contributed by atoms with Gasteiger partial charge in [-0.2, -0.15) is 18.4 Å². The molecule has 148 valence electrons. The van der Waals surface area contributed by atoms with Gasteiger partial charge in [-0.1, -0.05) is 0 Å². The highest BCUT2D eigenvalue weighted by molar-refractivity contribution is 6.07. The number of carbonyl (C=O) groups is 2. The maximum Gasteiger partial charge on any atom is 0.413 e. The molecule has 0 saturated carbocycles. The Morgan fingerprint density at radius 2 is 1.96 bits per heavy atom. The van der Waals surface area contributed by atoms with E-state index in [4.69, 9.17) is 5.11 Å². The zero-order valence-corrected chi connectivity index (χ0v) is 15.4. The number of nitrogens with zero attached hydrogens (tertiary/aromatic N) is 3. The number of urea groups is 1. The van der Waals surface area contributed by atoms with E-state index in [1.807, 2.05) is 6.07 Å². The molecule has 0 aromatic carbocycles. The Morgan fingerprint density at radius 3 is 2.48 bits per heavy atom. The molecule has 3 amide bonds. The monoisotopic (exact) mass is 385 g/mol. The Kier molecular flexibility index (Phi) is 5.71. The van der Waals surface area contributed by atoms with Gasteiger partial charge in [-0.3, -0.25) is 9.69 Å². The van der Waals surface area contributed by atoms with Crippen LogP contribution < -0.4 is 0 Å². The second-order valence-corrected chi connectivity index (χ2v) is 7.19. The number of aliphatic hydroxyl groups excluding tert-OH is 1. The van der Waals surface area contributed by atoms with E-state index in [0.717, 1.165) is 11.0 Å². The minimum atomic E-state index is -4.61. The van der Waals surface area contributed by atoms with Crippen LogP contribution in [0.25, 0.3) is 0 Å². The summed E-state index contributed by atoms with van der Waals surface area (Å²) in [6, 6.07) is -0.162. The quantitative estimate of drug-likeness (QED) is 0.583. The Bertz CT molecular complexity index is 747. The lowest BCUT2D eigenvalue weighted by Crippen LogP contribution is -2.45. The number of carbonyl (C=O) groups excluding carboxylic acids is 2. The van der Waals surface area contributed by atoms with Crippen molar-refractivity contribution in [3.63, 3.8) is 0 Å². The smallest absolute Gasteiger partial charge is 0.396 e. The minimum Gasteiger partial charge on any atom is -0.396 e. The van der Waals surface area contributed by atoms with Crippen molar-refractivity contribution < 1.29 is 27.9 Å². The number of nitriles is 1. The SMILES string of the molecule is CC1=C(C(F)(F)F)CC(N2C(=O)N(CCCCO)C(C)(C)C2=O)C(C#N)=C1. The molecule has 0 bridgehead atoms. The van der Waals surface area contributed by atoms with E-state index in [9.17, 15) is 28.0 Å². The van der Waals surface area contributed by atoms with Crippen LogP contribution in [0.4, 0.5) is 18.0 Å². The van der Waals surface area contributed by atoms with Crippen LogP contribution in [0.2, 0.25) is 0 Å². The number of halogens is 3. The first-order valence-electron chi connectivity index (χ1n) is 8.61. The summed E-state index contributed by atoms with van der Waals surface area (Å²) in [5.74, 6) is -0.635. The summed E-state index contributed by atoms with van der Waals surface area (Å²) in [4.78, 5) is 27.8. The predicted octanol–water partition coefficient (Wildman–Crippen LogP) is 2.90. The van der Waals surface area contributed by atoms with Crippen molar-refractivity contribution in [1.82, 2.24) is 9.80 Å². The number of hydrogen-bond donors (Lipinski definition) is 1. The summed E-state index contributed by atoms with van der Waals surface area (Å²) in [5, 5.41) is 18.3. The van der Waals surface area contributed by atoms with Crippen molar-refractivity contribution in [2.24, 2.45) is 0 Å². The zero-order chi connectivity index (χ0) is 20.6. The van der Waals surface area contributed by atoms with Crippen LogP contribution in [0.5, 0.6) is 0 Å². The number of amides is 3. The van der Waals surface area contributed by atoms with Crippen LogP contribution in [0.3, 0.4) is 0 Å². The molecular weight excluding hydrogens is 363 g/mol. The van der Waals surface area contributed by atoms with Crippen molar-refractivity contribution in [2.45, 2.75) is 57.8 Å². The molecule has 0 aromatic rings. The maximum atomic E-state index is 13.3. The molecule has 0 spiro atoms. The van der Waals surface area contributed by atoms with E-state index in [1.165, 1.54) is 25.7 Å². The predicted molar refractivity (Wildman–Crippen MR) is 90.2 cm³/mol. The minimum absolute atomic E-state index is 0.0461. The van der Waals surface area contributed by atoms with Gasteiger partial charge in [0, 0.05) is 25.1 Å². The van der Waals surface area contributed by atoms with Crippen molar-refractivity contribution in [2.75, 3.05) is 13.2 Å². The van der Waals surface area contributed by atoms with Crippen molar-refractivity contribution >= 4 is 11.9 Å². The van der Waals surface area contributed by atoms with Gasteiger partial charge in [0.1, 0.15) is 5.54 Å². The third-order valence-electron chi connectivity index (χ3n) is 5.03. The molecule has 1 aliphatic carbocycles. The first-order chi connectivity index (χ1) is 12.5. The average Bonchev–Trinajstić information content (AvgIpc) is 2.73. The van der Waals surface area contributed by atoms with E-state index >= 15 is 0 Å². The number of aliphatic hydroxyl groups is 1. The van der Waals surface area contributed by atoms with Crippen molar-refractivity contribution in [3.05, 3.63) is 22.8 Å². The summed E-state index contributed by atoms with van der Waals surface area (Å²) in [6.45, 7) is 4.43. The lowest BCUT2D eigenvalue weighted by atomic mass is 9.87. The summed E-state index contributed by atoms with van der Waals surface area (Å²) in [5.41, 5.74) is -2.21. The summed E-state index contributed by atoms with van der Waals surface area (Å²) < 4.78 is 40.0. The van der Waals surface area contributed by atoms with E-state index in [0.29, 0.717) is 12.8 Å². The van der Waals surface area contributed by atoms with Crippen molar-refractivity contribution in [3.8, 4) is 6.07 Å². The molecule has 27 heavy (non-hydrogen) atoms. The Morgan fingerprint density at radius 1 is 1.33 bits per heavy atom. The fourth-order valence-corrected chi connectivity index (χ4v) is 3.46. The van der Waals surface area contributed by atoms with E-state index in [2.05, 4.69) is 0 Å². The lowest BCUT2D eigenvalue weighted by Gasteiger charge is -2.31. The number of alkyl halides is 3. The lowest BCUT2D eigenvalue weighted by molar-refractivity contribution is -0.133. The molecule has 1 atom stereocenters. The van der Waals surface area contributed by atoms with E-state index in [-0.39, 0.29) is 24.3 Å². The number of hydrogen-bond acceptors (Lipinski definition) is 4. The Labute approximate surface area is 155 Å². The highest BCUT2D eigenvalue weighted by atomic mass is 19.4. The first kappa shape index (κ1) is 21.0. The molecule has 1 N–H and O–H groups in total. The molecule has 1 fully saturated rings. The van der Waals surface area contributed by atoms with E-state index in [1.54, 1.807) is 0 Å². The van der Waals surface area contributed by atoms with Gasteiger partial charge in [-0.25, -0.2) is 4.79 Å². The normalized spacial score (nSPS) is 23.0. The van der Waals surface area contributed by atoms with Crippen LogP contribution in [-0.2, 0) is 4.79 Å². The standard InChI is InChI=1S/C18H22F3N3O3/c1-11-8-12(10-22)14(9-13(11)18(19,20)21)24-15(26)17(2,3)23(16(24)27)6-4-5-7-25/h8,14,25H,4-7,9H2,1-3H3. The van der Waals surface area contributed by atoms with Crippen molar-refractivity contribution in [1.29, 1.82) is 5.26 Å². The zero-order valence-electron chi connectivity index (χ0n) is 15.4. The van der Waals surface area contributed by atoms with Gasteiger partial charge in [-0.15, -0.1) is 0 Å². The molecule has 0 aromatic heterocycles. The summed E-state index contributed by atoms with van der Waals surface area (Å²) >= 11 is 0. The second-order valence-electron chi connectivity index (χ2n) is 7.19. The van der Waals surface area contributed by atoms with Gasteiger partial charge in [-0.05, 0) is 45.3 Å². The fourth-order valence-electron chi connectivity index (χ4n) is 3.46. The summed E-state index contributed by atoms with van der Waals surface area (Å²) in [7, 11) is 0. The van der Waals surface area contributed by atoms with Gasteiger partial charge in [0.15, 0.2) is 0 Å². The summed E-state index contributed by atoms with van der Waals surface area (Å²) in [6.07, 6.45) is -3.26. The van der Waals surface area contributed by atoms with Crippen LogP contribution in [0.1, 0.15) is 40.0 Å². The van der Waals surface area contributed by atoms with Gasteiger partial charge < -0.3 is 10.0 Å². The average molecular weight is 385 g/mol. The molecule has 1 unspecified atom stereocenters. The Hall–Kier alpha value is -2.34. The number of imide groups is 1. The molecule has 2 rings (SSSR count). The molecule has 1 heterocycles. The highest BCUT2D eigenvalue weighted by Crippen LogP contribution is 2.40. The molecule has 0 radical (unpaired) electrons. The van der Waals surface area contributed by atoms with Crippen LogP contribution >= 0.6 is 0 Å². The third-order valence-corrected chi connectivity index (χ3v) is 5.03. The topological polar surface area (TPSA) is 84.6 Å².